The monoisotopic (exact) mass is 281 g/mol. The van der Waals surface area contributed by atoms with Crippen molar-refractivity contribution in [3.8, 4) is 0 Å². The van der Waals surface area contributed by atoms with E-state index in [0.29, 0.717) is 5.56 Å². The van der Waals surface area contributed by atoms with Crippen molar-refractivity contribution < 1.29 is 8.78 Å². The van der Waals surface area contributed by atoms with E-state index in [9.17, 15) is 8.78 Å². The number of benzene rings is 1. The Bertz CT molecular complexity index is 505. The lowest BCUT2D eigenvalue weighted by atomic mass is 10.1. The zero-order valence-corrected chi connectivity index (χ0v) is 11.8. The second-order valence-electron chi connectivity index (χ2n) is 4.78. The van der Waals surface area contributed by atoms with Gasteiger partial charge >= 0.3 is 0 Å². The van der Waals surface area contributed by atoms with E-state index in [-0.39, 0.29) is 12.1 Å². The van der Waals surface area contributed by atoms with Crippen LogP contribution in [-0.4, -0.2) is 6.04 Å². The van der Waals surface area contributed by atoms with E-state index in [4.69, 9.17) is 0 Å². The Labute approximate surface area is 116 Å². The number of hydrogen-bond donors (Lipinski definition) is 1. The van der Waals surface area contributed by atoms with Crippen LogP contribution in [0, 0.1) is 11.6 Å². The van der Waals surface area contributed by atoms with Crippen LogP contribution in [0.5, 0.6) is 0 Å². The Kier molecular flexibility index (Phi) is 4.66. The number of thiophene rings is 1. The lowest BCUT2D eigenvalue weighted by Crippen LogP contribution is -2.30. The Morgan fingerprint density at radius 3 is 2.42 bits per heavy atom. The van der Waals surface area contributed by atoms with Gasteiger partial charge in [0.2, 0.25) is 0 Å². The van der Waals surface area contributed by atoms with Crippen molar-refractivity contribution in [2.24, 2.45) is 0 Å². The highest BCUT2D eigenvalue weighted by Crippen LogP contribution is 2.18. The molecule has 2 aromatic rings. The molecule has 0 bridgehead atoms. The number of nitrogens with one attached hydrogen (secondary N) is 1. The zero-order valence-electron chi connectivity index (χ0n) is 11.0. The van der Waals surface area contributed by atoms with Gasteiger partial charge in [-0.2, -0.15) is 0 Å². The van der Waals surface area contributed by atoms with Crippen LogP contribution >= 0.6 is 11.3 Å². The summed E-state index contributed by atoms with van der Waals surface area (Å²) in [5.41, 5.74) is 0.635. The molecular weight excluding hydrogens is 264 g/mol. The van der Waals surface area contributed by atoms with E-state index < -0.39 is 11.6 Å². The minimum absolute atomic E-state index is 0.0832. The van der Waals surface area contributed by atoms with Crippen LogP contribution in [0.4, 0.5) is 8.78 Å². The summed E-state index contributed by atoms with van der Waals surface area (Å²) in [7, 11) is 0. The van der Waals surface area contributed by atoms with Crippen LogP contribution < -0.4 is 5.32 Å². The van der Waals surface area contributed by atoms with Crippen molar-refractivity contribution in [1.82, 2.24) is 5.32 Å². The van der Waals surface area contributed by atoms with E-state index in [2.05, 4.69) is 18.3 Å². The first-order valence-corrected chi connectivity index (χ1v) is 7.17. The molecular formula is C15H17F2NS. The van der Waals surface area contributed by atoms with Gasteiger partial charge in [-0.05, 0) is 49.4 Å². The molecule has 0 aliphatic heterocycles. The molecule has 2 unspecified atom stereocenters. The maximum atomic E-state index is 13.2. The second kappa shape index (κ2) is 6.26. The van der Waals surface area contributed by atoms with Gasteiger partial charge in [0, 0.05) is 23.0 Å². The lowest BCUT2D eigenvalue weighted by molar-refractivity contribution is 0.473. The van der Waals surface area contributed by atoms with Crippen LogP contribution in [0.2, 0.25) is 0 Å². The van der Waals surface area contributed by atoms with Crippen LogP contribution in [0.1, 0.15) is 30.3 Å². The van der Waals surface area contributed by atoms with E-state index in [1.165, 1.54) is 17.0 Å². The van der Waals surface area contributed by atoms with Gasteiger partial charge in [-0.15, -0.1) is 11.3 Å². The first kappa shape index (κ1) is 14.2. The van der Waals surface area contributed by atoms with Crippen LogP contribution in [0.15, 0.2) is 35.7 Å². The fraction of sp³-hybridized carbons (Fsp3) is 0.333. The molecule has 0 fully saturated rings. The van der Waals surface area contributed by atoms with Crippen molar-refractivity contribution >= 4 is 11.3 Å². The smallest absolute Gasteiger partial charge is 0.126 e. The van der Waals surface area contributed by atoms with Gasteiger partial charge < -0.3 is 5.32 Å². The number of hydrogen-bond acceptors (Lipinski definition) is 2. The van der Waals surface area contributed by atoms with E-state index >= 15 is 0 Å². The highest BCUT2D eigenvalue weighted by atomic mass is 32.1. The summed E-state index contributed by atoms with van der Waals surface area (Å²) in [4.78, 5) is 1.30. The van der Waals surface area contributed by atoms with E-state index in [1.54, 1.807) is 11.3 Å². The molecule has 1 nitrogen and oxygen atoms in total. The van der Waals surface area contributed by atoms with Crippen molar-refractivity contribution in [2.45, 2.75) is 32.4 Å². The molecule has 0 saturated carbocycles. The molecule has 0 saturated heterocycles. The minimum Gasteiger partial charge on any atom is -0.307 e. The molecule has 0 spiro atoms. The van der Waals surface area contributed by atoms with Gasteiger partial charge in [-0.1, -0.05) is 6.07 Å². The molecule has 0 aliphatic carbocycles. The van der Waals surface area contributed by atoms with Gasteiger partial charge in [-0.3, -0.25) is 0 Å². The largest absolute Gasteiger partial charge is 0.307 e. The second-order valence-corrected chi connectivity index (χ2v) is 5.81. The maximum absolute atomic E-state index is 13.2. The van der Waals surface area contributed by atoms with Gasteiger partial charge in [0.1, 0.15) is 11.6 Å². The Balaban J connectivity index is 1.98. The molecule has 0 radical (unpaired) electrons. The predicted octanol–water partition coefficient (Wildman–Crippen LogP) is 4.31. The molecule has 1 aromatic carbocycles. The third-order valence-corrected chi connectivity index (χ3v) is 3.91. The molecule has 102 valence electrons. The third-order valence-electron chi connectivity index (χ3n) is 3.01. The molecule has 1 N–H and O–H groups in total. The topological polar surface area (TPSA) is 12.0 Å². The first-order valence-electron chi connectivity index (χ1n) is 6.29. The van der Waals surface area contributed by atoms with Crippen LogP contribution in [0.25, 0.3) is 0 Å². The fourth-order valence-corrected chi connectivity index (χ4v) is 2.97. The normalized spacial score (nSPS) is 14.3. The average molecular weight is 281 g/mol. The predicted molar refractivity (Wildman–Crippen MR) is 75.4 cm³/mol. The zero-order chi connectivity index (χ0) is 13.8. The summed E-state index contributed by atoms with van der Waals surface area (Å²) in [5, 5.41) is 5.41. The molecule has 19 heavy (non-hydrogen) atoms. The summed E-state index contributed by atoms with van der Waals surface area (Å²) in [6.07, 6.45) is 0.916. The molecule has 1 aromatic heterocycles. The van der Waals surface area contributed by atoms with Crippen LogP contribution in [-0.2, 0) is 6.42 Å². The Morgan fingerprint density at radius 2 is 1.84 bits per heavy atom. The fourth-order valence-electron chi connectivity index (χ4n) is 2.14. The maximum Gasteiger partial charge on any atom is 0.126 e. The SMILES string of the molecule is CC(Cc1cccs1)NC(C)c1cc(F)cc(F)c1. The molecule has 2 atom stereocenters. The summed E-state index contributed by atoms with van der Waals surface area (Å²) in [5.74, 6) is -1.07. The van der Waals surface area contributed by atoms with Crippen molar-refractivity contribution in [3.63, 3.8) is 0 Å². The van der Waals surface area contributed by atoms with Crippen molar-refractivity contribution in [3.05, 3.63) is 57.8 Å². The highest BCUT2D eigenvalue weighted by molar-refractivity contribution is 7.09. The van der Waals surface area contributed by atoms with E-state index in [1.807, 2.05) is 18.4 Å². The first-order chi connectivity index (χ1) is 9.04. The summed E-state index contributed by atoms with van der Waals surface area (Å²) < 4.78 is 26.3. The Hall–Kier alpha value is -1.26. The van der Waals surface area contributed by atoms with Gasteiger partial charge in [0.05, 0.1) is 0 Å². The standard InChI is InChI=1S/C15H17F2NS/c1-10(6-15-4-3-5-19-15)18-11(2)12-7-13(16)9-14(17)8-12/h3-5,7-11,18H,6H2,1-2H3. The Morgan fingerprint density at radius 1 is 1.16 bits per heavy atom. The molecule has 0 aliphatic rings. The molecule has 0 amide bonds. The van der Waals surface area contributed by atoms with E-state index in [0.717, 1.165) is 12.5 Å². The molecule has 2 rings (SSSR count). The number of halogens is 2. The van der Waals surface area contributed by atoms with Gasteiger partial charge in [0.25, 0.3) is 0 Å². The third kappa shape index (κ3) is 4.11. The molecule has 4 heteroatoms. The summed E-state index contributed by atoms with van der Waals surface area (Å²) in [6, 6.07) is 7.93. The van der Waals surface area contributed by atoms with Gasteiger partial charge in [0.15, 0.2) is 0 Å². The summed E-state index contributed by atoms with van der Waals surface area (Å²) in [6.45, 7) is 3.99. The van der Waals surface area contributed by atoms with Crippen LogP contribution in [0.3, 0.4) is 0 Å². The molecule has 1 heterocycles. The number of rotatable bonds is 5. The quantitative estimate of drug-likeness (QED) is 0.861. The summed E-state index contributed by atoms with van der Waals surface area (Å²) >= 11 is 1.72. The minimum atomic E-state index is -0.533. The highest BCUT2D eigenvalue weighted by Gasteiger charge is 2.12. The van der Waals surface area contributed by atoms with Crippen molar-refractivity contribution in [2.75, 3.05) is 0 Å². The average Bonchev–Trinajstić information content (AvgIpc) is 2.80. The van der Waals surface area contributed by atoms with Gasteiger partial charge in [-0.25, -0.2) is 8.78 Å². The van der Waals surface area contributed by atoms with Crippen molar-refractivity contribution in [1.29, 1.82) is 0 Å². The lowest BCUT2D eigenvalue weighted by Gasteiger charge is -2.20.